The largest absolute Gasteiger partial charge is 0.376 e. The fourth-order valence-corrected chi connectivity index (χ4v) is 4.18. The van der Waals surface area contributed by atoms with Gasteiger partial charge in [0.2, 0.25) is 5.82 Å². The average Bonchev–Trinajstić information content (AvgIpc) is 3.26. The molecule has 2 fully saturated rings. The lowest BCUT2D eigenvalue weighted by Crippen LogP contribution is -3.28. The number of ether oxygens (including phenoxy) is 1. The van der Waals surface area contributed by atoms with E-state index in [1.54, 1.807) is 9.80 Å². The van der Waals surface area contributed by atoms with Crippen molar-refractivity contribution >= 4 is 0 Å². The van der Waals surface area contributed by atoms with E-state index in [-0.39, 0.29) is 6.10 Å². The van der Waals surface area contributed by atoms with Crippen molar-refractivity contribution in [3.05, 3.63) is 18.5 Å². The number of hydrogen-bond donors (Lipinski definition) is 2. The maximum absolute atomic E-state index is 5.79. The van der Waals surface area contributed by atoms with Crippen LogP contribution in [0.2, 0.25) is 0 Å². The van der Waals surface area contributed by atoms with Crippen LogP contribution in [-0.4, -0.2) is 65.6 Å². The lowest BCUT2D eigenvalue weighted by Gasteiger charge is -2.34. The highest BCUT2D eigenvalue weighted by molar-refractivity contribution is 4.89. The van der Waals surface area contributed by atoms with E-state index >= 15 is 0 Å². The van der Waals surface area contributed by atoms with Crippen molar-refractivity contribution < 1.29 is 14.5 Å². The van der Waals surface area contributed by atoms with E-state index < -0.39 is 0 Å². The molecule has 1 aromatic rings. The Labute approximate surface area is 151 Å². The average molecular weight is 351 g/mol. The summed E-state index contributed by atoms with van der Waals surface area (Å²) in [5, 5.41) is 12.7. The molecule has 2 N–H and O–H groups in total. The van der Waals surface area contributed by atoms with Crippen molar-refractivity contribution in [3.8, 4) is 0 Å². The van der Waals surface area contributed by atoms with Crippen molar-refractivity contribution in [2.45, 2.75) is 51.8 Å². The predicted octanol–water partition coefficient (Wildman–Crippen LogP) is -1.09. The van der Waals surface area contributed by atoms with E-state index in [1.807, 2.05) is 10.8 Å². The van der Waals surface area contributed by atoms with E-state index in [0.717, 1.165) is 44.8 Å². The summed E-state index contributed by atoms with van der Waals surface area (Å²) in [6, 6.07) is 0.377. The molecule has 2 atom stereocenters. The molecule has 0 aromatic carbocycles. The molecule has 0 saturated carbocycles. The van der Waals surface area contributed by atoms with Crippen molar-refractivity contribution in [1.82, 2.24) is 20.2 Å². The molecular weight excluding hydrogens is 316 g/mol. The highest BCUT2D eigenvalue weighted by atomic mass is 16.5. The van der Waals surface area contributed by atoms with E-state index in [0.29, 0.717) is 12.0 Å². The Bertz CT molecular complexity index is 531. The number of hydrogen-bond acceptors (Lipinski definition) is 4. The monoisotopic (exact) mass is 350 g/mol. The molecule has 7 nitrogen and oxygen atoms in total. The number of tetrazole rings is 1. The number of quaternary nitrogens is 2. The van der Waals surface area contributed by atoms with Gasteiger partial charge in [0.05, 0.1) is 19.2 Å². The van der Waals surface area contributed by atoms with E-state index in [1.165, 1.54) is 26.2 Å². The Balaban J connectivity index is 1.70. The van der Waals surface area contributed by atoms with Crippen molar-refractivity contribution in [2.24, 2.45) is 5.92 Å². The number of piperazine rings is 1. The Hall–Kier alpha value is -1.31. The summed E-state index contributed by atoms with van der Waals surface area (Å²) in [6.45, 7) is 15.9. The minimum absolute atomic E-state index is 0.269. The van der Waals surface area contributed by atoms with Gasteiger partial charge in [0, 0.05) is 13.0 Å². The van der Waals surface area contributed by atoms with Crippen LogP contribution in [-0.2, 0) is 11.3 Å². The van der Waals surface area contributed by atoms with Crippen LogP contribution in [0.5, 0.6) is 0 Å². The number of aromatic nitrogens is 4. The molecule has 3 rings (SSSR count). The third kappa shape index (κ3) is 4.86. The van der Waals surface area contributed by atoms with Gasteiger partial charge in [-0.2, -0.15) is 0 Å². The van der Waals surface area contributed by atoms with Crippen molar-refractivity contribution in [2.75, 3.05) is 39.3 Å². The molecule has 0 spiro atoms. The molecule has 0 radical (unpaired) electrons. The van der Waals surface area contributed by atoms with Gasteiger partial charge in [-0.15, -0.1) is 5.10 Å². The molecule has 2 saturated heterocycles. The third-order valence-electron chi connectivity index (χ3n) is 5.50. The molecular formula is C18H34N6O+2. The van der Waals surface area contributed by atoms with Crippen LogP contribution >= 0.6 is 0 Å². The minimum Gasteiger partial charge on any atom is -0.376 e. The van der Waals surface area contributed by atoms with Crippen LogP contribution < -0.4 is 9.80 Å². The molecule has 25 heavy (non-hydrogen) atoms. The Morgan fingerprint density at radius 1 is 1.32 bits per heavy atom. The van der Waals surface area contributed by atoms with Gasteiger partial charge in [0.25, 0.3) is 0 Å². The summed E-state index contributed by atoms with van der Waals surface area (Å²) >= 11 is 0. The van der Waals surface area contributed by atoms with E-state index in [9.17, 15) is 0 Å². The minimum atomic E-state index is 0.269. The Morgan fingerprint density at radius 2 is 2.12 bits per heavy atom. The summed E-state index contributed by atoms with van der Waals surface area (Å²) in [5.74, 6) is 1.68. The quantitative estimate of drug-likeness (QED) is 0.585. The molecule has 1 aromatic heterocycles. The second kappa shape index (κ2) is 8.87. The first-order valence-corrected chi connectivity index (χ1v) is 9.84. The number of rotatable bonds is 8. The first kappa shape index (κ1) is 18.5. The summed E-state index contributed by atoms with van der Waals surface area (Å²) in [7, 11) is 0. The second-order valence-corrected chi connectivity index (χ2v) is 7.94. The van der Waals surface area contributed by atoms with E-state index in [2.05, 4.69) is 36.0 Å². The van der Waals surface area contributed by atoms with Crippen LogP contribution in [0.3, 0.4) is 0 Å². The van der Waals surface area contributed by atoms with Gasteiger partial charge in [-0.1, -0.05) is 20.4 Å². The van der Waals surface area contributed by atoms with Crippen LogP contribution in [0.25, 0.3) is 0 Å². The van der Waals surface area contributed by atoms with E-state index in [4.69, 9.17) is 4.74 Å². The predicted molar refractivity (Wildman–Crippen MR) is 95.4 cm³/mol. The molecule has 2 aliphatic heterocycles. The van der Waals surface area contributed by atoms with Gasteiger partial charge < -0.3 is 14.5 Å². The molecule has 7 heteroatoms. The van der Waals surface area contributed by atoms with Crippen LogP contribution in [0.1, 0.15) is 45.0 Å². The molecule has 0 bridgehead atoms. The summed E-state index contributed by atoms with van der Waals surface area (Å²) in [4.78, 5) is 3.27. The SMILES string of the molecule is C=CC[NH+]1CC[NH+]([C@H](CC(C)C)c2nnnn2C[C@@H]2CCCO2)CC1. The van der Waals surface area contributed by atoms with Gasteiger partial charge in [0.1, 0.15) is 26.2 Å². The first-order valence-electron chi connectivity index (χ1n) is 9.84. The summed E-state index contributed by atoms with van der Waals surface area (Å²) in [6.07, 6.45) is 5.69. The smallest absolute Gasteiger partial charge is 0.209 e. The Kier molecular flexibility index (Phi) is 6.56. The van der Waals surface area contributed by atoms with Crippen LogP contribution in [0.4, 0.5) is 0 Å². The van der Waals surface area contributed by atoms with Crippen LogP contribution in [0.15, 0.2) is 12.7 Å². The van der Waals surface area contributed by atoms with Gasteiger partial charge in [-0.05, 0) is 35.3 Å². The fraction of sp³-hybridized carbons (Fsp3) is 0.833. The zero-order valence-electron chi connectivity index (χ0n) is 15.8. The van der Waals surface area contributed by atoms with Crippen molar-refractivity contribution in [1.29, 1.82) is 0 Å². The number of nitrogens with zero attached hydrogens (tertiary/aromatic N) is 4. The molecule has 0 aliphatic carbocycles. The second-order valence-electron chi connectivity index (χ2n) is 7.94. The normalized spacial score (nSPS) is 28.4. The fourth-order valence-electron chi connectivity index (χ4n) is 4.18. The van der Waals surface area contributed by atoms with Gasteiger partial charge >= 0.3 is 0 Å². The zero-order valence-corrected chi connectivity index (χ0v) is 15.8. The summed E-state index contributed by atoms with van der Waals surface area (Å²) in [5.41, 5.74) is 0. The van der Waals surface area contributed by atoms with Gasteiger partial charge in [0.15, 0.2) is 6.04 Å². The van der Waals surface area contributed by atoms with Crippen LogP contribution in [0, 0.1) is 5.92 Å². The van der Waals surface area contributed by atoms with Gasteiger partial charge in [-0.3, -0.25) is 0 Å². The zero-order chi connectivity index (χ0) is 17.6. The maximum Gasteiger partial charge on any atom is 0.209 e. The molecule has 140 valence electrons. The molecule has 0 amide bonds. The lowest BCUT2D eigenvalue weighted by molar-refractivity contribution is -1.03. The number of nitrogens with one attached hydrogen (secondary N) is 2. The molecule has 0 unspecified atom stereocenters. The standard InChI is InChI=1S/C18H32N6O/c1-4-7-22-8-10-23(11-9-22)17(13-15(2)3)18-19-20-21-24(18)14-16-6-5-12-25-16/h4,15-17H,1,5-14H2,2-3H3/p+2/t16-,17+/m0/s1. The molecule has 3 heterocycles. The first-order chi connectivity index (χ1) is 12.2. The highest BCUT2D eigenvalue weighted by Crippen LogP contribution is 2.19. The summed E-state index contributed by atoms with van der Waals surface area (Å²) < 4.78 is 7.81. The lowest BCUT2D eigenvalue weighted by atomic mass is 10.0. The Morgan fingerprint density at radius 3 is 2.76 bits per heavy atom. The topological polar surface area (TPSA) is 61.7 Å². The maximum atomic E-state index is 5.79. The third-order valence-corrected chi connectivity index (χ3v) is 5.50. The van der Waals surface area contributed by atoms with Gasteiger partial charge in [-0.25, -0.2) is 4.68 Å². The highest BCUT2D eigenvalue weighted by Gasteiger charge is 2.34. The molecule has 2 aliphatic rings. The van der Waals surface area contributed by atoms with Crippen molar-refractivity contribution in [3.63, 3.8) is 0 Å².